The smallest absolute Gasteiger partial charge is 0.306 e. The second kappa shape index (κ2) is 45.5. The molecular weight excluding hydrogens is 709 g/mol. The van der Waals surface area contributed by atoms with Gasteiger partial charge < -0.3 is 14.2 Å². The minimum absolute atomic E-state index is 0.0633. The minimum atomic E-state index is -0.760. The average molecular weight is 807 g/mol. The van der Waals surface area contributed by atoms with Gasteiger partial charge in [0.2, 0.25) is 0 Å². The van der Waals surface area contributed by atoms with Crippen molar-refractivity contribution in [3.63, 3.8) is 0 Å². The lowest BCUT2D eigenvalue weighted by molar-refractivity contribution is -0.167. The zero-order chi connectivity index (χ0) is 41.7. The van der Waals surface area contributed by atoms with Crippen LogP contribution in [-0.4, -0.2) is 37.2 Å². The molecule has 6 heteroatoms. The van der Waals surface area contributed by atoms with E-state index in [2.05, 4.69) is 27.7 Å². The van der Waals surface area contributed by atoms with E-state index < -0.39 is 6.10 Å². The molecule has 6 nitrogen and oxygen atoms in total. The highest BCUT2D eigenvalue weighted by atomic mass is 16.6. The summed E-state index contributed by atoms with van der Waals surface area (Å²) in [5.41, 5.74) is 0. The van der Waals surface area contributed by atoms with Crippen molar-refractivity contribution in [2.24, 2.45) is 5.92 Å². The molecule has 0 aromatic rings. The quantitative estimate of drug-likeness (QED) is 0.0346. The lowest BCUT2D eigenvalue weighted by Crippen LogP contribution is -2.30. The summed E-state index contributed by atoms with van der Waals surface area (Å²) in [5, 5.41) is 0. The van der Waals surface area contributed by atoms with Crippen LogP contribution in [0.1, 0.15) is 285 Å². The Morgan fingerprint density at radius 1 is 0.351 bits per heavy atom. The number of unbranched alkanes of at least 4 members (excludes halogenated alkanes) is 32. The number of hydrogen-bond donors (Lipinski definition) is 0. The van der Waals surface area contributed by atoms with Gasteiger partial charge in [0.05, 0.1) is 0 Å². The van der Waals surface area contributed by atoms with E-state index in [0.29, 0.717) is 19.3 Å². The third kappa shape index (κ3) is 43.8. The molecule has 0 radical (unpaired) electrons. The number of esters is 3. The van der Waals surface area contributed by atoms with Crippen LogP contribution in [0, 0.1) is 5.92 Å². The third-order valence-electron chi connectivity index (χ3n) is 11.9. The van der Waals surface area contributed by atoms with Crippen LogP contribution in [-0.2, 0) is 28.6 Å². The molecule has 338 valence electrons. The SMILES string of the molecule is CCCCCCCCCCCCCCCCCCCC(=O)OC[C@H](COC(=O)CCCCCCCCCCC(C)CC)OC(=O)CCCCCCCCCCCC. The van der Waals surface area contributed by atoms with Gasteiger partial charge in [0.1, 0.15) is 13.2 Å². The van der Waals surface area contributed by atoms with E-state index in [9.17, 15) is 14.4 Å². The molecule has 0 spiro atoms. The Bertz CT molecular complexity index is 859. The first-order valence-corrected chi connectivity index (χ1v) is 25.4. The average Bonchev–Trinajstić information content (AvgIpc) is 3.21. The number of hydrogen-bond acceptors (Lipinski definition) is 6. The van der Waals surface area contributed by atoms with E-state index in [-0.39, 0.29) is 31.1 Å². The Balaban J connectivity index is 4.26. The first-order valence-electron chi connectivity index (χ1n) is 25.4. The molecule has 0 aliphatic carbocycles. The van der Waals surface area contributed by atoms with E-state index >= 15 is 0 Å². The molecule has 0 bridgehead atoms. The van der Waals surface area contributed by atoms with Crippen LogP contribution in [0.15, 0.2) is 0 Å². The third-order valence-corrected chi connectivity index (χ3v) is 11.9. The number of ether oxygens (including phenoxy) is 3. The van der Waals surface area contributed by atoms with E-state index in [1.165, 1.54) is 180 Å². The normalized spacial score (nSPS) is 12.4. The number of carbonyl (C=O) groups is 3. The monoisotopic (exact) mass is 807 g/mol. The van der Waals surface area contributed by atoms with Crippen LogP contribution < -0.4 is 0 Å². The first kappa shape index (κ1) is 55.4. The molecule has 1 unspecified atom stereocenters. The standard InChI is InChI=1S/C51H98O6/c1-5-8-10-12-14-16-18-19-20-21-22-23-24-26-30-34-38-42-49(52)55-45-48(57-51(54)44-40-36-32-25-17-15-13-11-9-6-2)46-56-50(53)43-39-35-31-28-27-29-33-37-41-47(4)7-3/h47-48H,5-46H2,1-4H3/t47?,48-/m1/s1. The summed E-state index contributed by atoms with van der Waals surface area (Å²) in [6.07, 6.45) is 46.5. The first-order chi connectivity index (χ1) is 27.9. The van der Waals surface area contributed by atoms with Crippen LogP contribution in [0.5, 0.6) is 0 Å². The molecule has 0 heterocycles. The summed E-state index contributed by atoms with van der Waals surface area (Å²) in [4.78, 5) is 37.8. The zero-order valence-corrected chi connectivity index (χ0v) is 38.8. The summed E-state index contributed by atoms with van der Waals surface area (Å²) < 4.78 is 16.8. The van der Waals surface area contributed by atoms with Crippen molar-refractivity contribution in [1.29, 1.82) is 0 Å². The van der Waals surface area contributed by atoms with Crippen LogP contribution in [0.25, 0.3) is 0 Å². The summed E-state index contributed by atoms with van der Waals surface area (Å²) >= 11 is 0. The van der Waals surface area contributed by atoms with Crippen molar-refractivity contribution in [3.8, 4) is 0 Å². The van der Waals surface area contributed by atoms with E-state index in [0.717, 1.165) is 63.7 Å². The maximum absolute atomic E-state index is 12.7. The van der Waals surface area contributed by atoms with E-state index in [4.69, 9.17) is 14.2 Å². The van der Waals surface area contributed by atoms with Gasteiger partial charge in [-0.05, 0) is 25.2 Å². The lowest BCUT2D eigenvalue weighted by atomic mass is 9.99. The highest BCUT2D eigenvalue weighted by Gasteiger charge is 2.19. The molecule has 0 rings (SSSR count). The Morgan fingerprint density at radius 3 is 0.912 bits per heavy atom. The number of rotatable bonds is 46. The summed E-state index contributed by atoms with van der Waals surface area (Å²) in [6.45, 7) is 9.01. The van der Waals surface area contributed by atoms with Gasteiger partial charge in [-0.3, -0.25) is 14.4 Å². The van der Waals surface area contributed by atoms with Crippen molar-refractivity contribution < 1.29 is 28.6 Å². The van der Waals surface area contributed by atoms with Crippen LogP contribution >= 0.6 is 0 Å². The Hall–Kier alpha value is -1.59. The Kier molecular flexibility index (Phi) is 44.2. The van der Waals surface area contributed by atoms with E-state index in [1.54, 1.807) is 0 Å². The van der Waals surface area contributed by atoms with Gasteiger partial charge in [0.15, 0.2) is 6.10 Å². The lowest BCUT2D eigenvalue weighted by Gasteiger charge is -2.18. The summed E-state index contributed by atoms with van der Waals surface area (Å²) in [7, 11) is 0. The highest BCUT2D eigenvalue weighted by Crippen LogP contribution is 2.17. The largest absolute Gasteiger partial charge is 0.462 e. The van der Waals surface area contributed by atoms with Gasteiger partial charge in [0, 0.05) is 19.3 Å². The van der Waals surface area contributed by atoms with Gasteiger partial charge in [-0.2, -0.15) is 0 Å². The Labute approximate surface area is 355 Å². The molecule has 0 aliphatic heterocycles. The van der Waals surface area contributed by atoms with Crippen LogP contribution in [0.2, 0.25) is 0 Å². The Morgan fingerprint density at radius 2 is 0.614 bits per heavy atom. The second-order valence-electron chi connectivity index (χ2n) is 17.7. The predicted molar refractivity (Wildman–Crippen MR) is 243 cm³/mol. The highest BCUT2D eigenvalue weighted by molar-refractivity contribution is 5.71. The van der Waals surface area contributed by atoms with Crippen molar-refractivity contribution in [1.82, 2.24) is 0 Å². The van der Waals surface area contributed by atoms with Gasteiger partial charge >= 0.3 is 17.9 Å². The molecule has 0 saturated heterocycles. The zero-order valence-electron chi connectivity index (χ0n) is 38.8. The van der Waals surface area contributed by atoms with Gasteiger partial charge in [-0.25, -0.2) is 0 Å². The fraction of sp³-hybridized carbons (Fsp3) is 0.941. The van der Waals surface area contributed by atoms with Crippen molar-refractivity contribution in [3.05, 3.63) is 0 Å². The molecular formula is C51H98O6. The van der Waals surface area contributed by atoms with E-state index in [1.807, 2.05) is 0 Å². The van der Waals surface area contributed by atoms with Crippen molar-refractivity contribution >= 4 is 17.9 Å². The molecule has 0 fully saturated rings. The van der Waals surface area contributed by atoms with Gasteiger partial charge in [-0.1, -0.05) is 246 Å². The minimum Gasteiger partial charge on any atom is -0.462 e. The van der Waals surface area contributed by atoms with Crippen molar-refractivity contribution in [2.75, 3.05) is 13.2 Å². The summed E-state index contributed by atoms with van der Waals surface area (Å²) in [6, 6.07) is 0. The molecule has 2 atom stereocenters. The fourth-order valence-electron chi connectivity index (χ4n) is 7.66. The van der Waals surface area contributed by atoms with Gasteiger partial charge in [-0.15, -0.1) is 0 Å². The molecule has 0 aromatic heterocycles. The topological polar surface area (TPSA) is 78.9 Å². The predicted octanol–water partition coefficient (Wildman–Crippen LogP) is 16.3. The van der Waals surface area contributed by atoms with Crippen LogP contribution in [0.3, 0.4) is 0 Å². The molecule has 0 saturated carbocycles. The second-order valence-corrected chi connectivity index (χ2v) is 17.7. The molecule has 0 aromatic carbocycles. The number of carbonyl (C=O) groups excluding carboxylic acids is 3. The summed E-state index contributed by atoms with van der Waals surface area (Å²) in [5.74, 6) is -0.00125. The van der Waals surface area contributed by atoms with Crippen LogP contribution in [0.4, 0.5) is 0 Å². The maximum Gasteiger partial charge on any atom is 0.306 e. The fourth-order valence-corrected chi connectivity index (χ4v) is 7.66. The maximum atomic E-state index is 12.7. The van der Waals surface area contributed by atoms with Gasteiger partial charge in [0.25, 0.3) is 0 Å². The van der Waals surface area contributed by atoms with Crippen molar-refractivity contribution in [2.45, 2.75) is 291 Å². The molecule has 57 heavy (non-hydrogen) atoms. The molecule has 0 aliphatic rings. The molecule has 0 amide bonds. The molecule has 0 N–H and O–H groups in total.